The van der Waals surface area contributed by atoms with Gasteiger partial charge in [-0.2, -0.15) is 0 Å². The topological polar surface area (TPSA) is 24.0 Å². The van der Waals surface area contributed by atoms with Crippen molar-refractivity contribution in [1.82, 2.24) is 14.5 Å². The van der Waals surface area contributed by atoms with Gasteiger partial charge in [-0.25, -0.2) is 17.6 Å². The zero-order valence-corrected chi connectivity index (χ0v) is 15.6. The summed E-state index contributed by atoms with van der Waals surface area (Å²) >= 11 is 5.35. The van der Waals surface area contributed by atoms with E-state index in [4.69, 9.17) is 12.2 Å². The van der Waals surface area contributed by atoms with Crippen LogP contribution in [-0.4, -0.2) is 40.3 Å². The predicted octanol–water partition coefficient (Wildman–Crippen LogP) is 4.28. The second kappa shape index (κ2) is 7.39. The molecule has 0 bridgehead atoms. The van der Waals surface area contributed by atoms with Gasteiger partial charge in [0.15, 0.2) is 16.4 Å². The number of aromatic amines is 1. The quantitative estimate of drug-likeness (QED) is 0.461. The molecule has 8 heteroatoms. The molecular formula is C19H21F4N3S. The lowest BCUT2D eigenvalue weighted by Gasteiger charge is -2.14. The average Bonchev–Trinajstić information content (AvgIpc) is 3.30. The van der Waals surface area contributed by atoms with Crippen LogP contribution < -0.4 is 0 Å². The van der Waals surface area contributed by atoms with Crippen molar-refractivity contribution in [3.8, 4) is 0 Å². The van der Waals surface area contributed by atoms with Gasteiger partial charge in [-0.1, -0.05) is 0 Å². The molecule has 146 valence electrons. The second-order valence-electron chi connectivity index (χ2n) is 7.41. The molecule has 2 aliphatic rings. The minimum atomic E-state index is -1.11. The molecule has 0 aliphatic carbocycles. The molecule has 1 fully saturated rings. The van der Waals surface area contributed by atoms with Crippen molar-refractivity contribution >= 4 is 12.2 Å². The van der Waals surface area contributed by atoms with Gasteiger partial charge in [-0.15, -0.1) is 0 Å². The molecule has 0 amide bonds. The molecule has 1 aromatic heterocycles. The van der Waals surface area contributed by atoms with Crippen molar-refractivity contribution < 1.29 is 17.6 Å². The summed E-state index contributed by atoms with van der Waals surface area (Å²) in [5.41, 5.74) is 1.68. The molecule has 1 N–H and O–H groups in total. The first-order valence-electron chi connectivity index (χ1n) is 9.24. The van der Waals surface area contributed by atoms with Gasteiger partial charge in [-0.3, -0.25) is 0 Å². The lowest BCUT2D eigenvalue weighted by atomic mass is 9.95. The number of nitrogens with zero attached hydrogens (tertiary/aromatic N) is 2. The van der Waals surface area contributed by atoms with Gasteiger partial charge >= 0.3 is 0 Å². The lowest BCUT2D eigenvalue weighted by molar-refractivity contribution is 0.285. The van der Waals surface area contributed by atoms with Crippen LogP contribution in [0.15, 0.2) is 12.1 Å². The predicted molar refractivity (Wildman–Crippen MR) is 96.7 cm³/mol. The molecule has 3 nitrogen and oxygen atoms in total. The highest BCUT2D eigenvalue weighted by atomic mass is 32.1. The number of rotatable bonds is 5. The molecule has 2 aromatic rings. The van der Waals surface area contributed by atoms with Gasteiger partial charge in [-0.05, 0) is 56.6 Å². The minimum Gasteiger partial charge on any atom is -0.334 e. The molecule has 0 radical (unpaired) electrons. The average molecular weight is 399 g/mol. The highest BCUT2D eigenvalue weighted by Gasteiger charge is 2.31. The number of fused-ring (bicyclic) bond motifs is 1. The fourth-order valence-electron chi connectivity index (χ4n) is 4.28. The third kappa shape index (κ3) is 3.57. The van der Waals surface area contributed by atoms with Crippen LogP contribution in [0, 0.1) is 22.2 Å². The summed E-state index contributed by atoms with van der Waals surface area (Å²) in [6, 6.07) is 1.78. The number of aromatic nitrogens is 2. The second-order valence-corrected chi connectivity index (χ2v) is 7.80. The molecule has 2 atom stereocenters. The molecule has 1 saturated heterocycles. The van der Waals surface area contributed by atoms with E-state index < -0.39 is 29.5 Å². The third-order valence-corrected chi connectivity index (χ3v) is 5.95. The Balaban J connectivity index is 1.48. The Bertz CT molecular complexity index is 907. The van der Waals surface area contributed by atoms with Crippen LogP contribution in [0.3, 0.4) is 0 Å². The Kier molecular flexibility index (Phi) is 5.11. The van der Waals surface area contributed by atoms with Crippen LogP contribution in [0.1, 0.15) is 35.7 Å². The van der Waals surface area contributed by atoms with Gasteiger partial charge in [0.1, 0.15) is 12.0 Å². The van der Waals surface area contributed by atoms with E-state index >= 15 is 0 Å². The standard InChI is InChI=1S/C19H21F4N3S/c20-12-5-7-25(10-12)6-1-2-15-16-8-11(9-26(16)19(27)24-15)17-13(21)3-4-14(22)18(17)23/h3-4,11-12H,1-2,5-10H2,(H,24,27)/t11-,12+/m0/s1. The molecule has 1 aromatic carbocycles. The van der Waals surface area contributed by atoms with Gasteiger partial charge in [0.05, 0.1) is 0 Å². The Morgan fingerprint density at radius 1 is 1.15 bits per heavy atom. The maximum Gasteiger partial charge on any atom is 0.177 e. The van der Waals surface area contributed by atoms with Crippen LogP contribution in [-0.2, 0) is 19.4 Å². The van der Waals surface area contributed by atoms with E-state index in [0.29, 0.717) is 30.7 Å². The smallest absolute Gasteiger partial charge is 0.177 e. The van der Waals surface area contributed by atoms with Crippen molar-refractivity contribution in [3.05, 3.63) is 51.3 Å². The third-order valence-electron chi connectivity index (χ3n) is 5.62. The van der Waals surface area contributed by atoms with Gasteiger partial charge in [0.25, 0.3) is 0 Å². The van der Waals surface area contributed by atoms with E-state index in [1.807, 2.05) is 4.57 Å². The largest absolute Gasteiger partial charge is 0.334 e. The highest BCUT2D eigenvalue weighted by molar-refractivity contribution is 7.71. The maximum absolute atomic E-state index is 14.2. The molecule has 2 aliphatic heterocycles. The Morgan fingerprint density at radius 2 is 1.93 bits per heavy atom. The summed E-state index contributed by atoms with van der Waals surface area (Å²) < 4.78 is 57.5. The van der Waals surface area contributed by atoms with Crippen LogP contribution >= 0.6 is 12.2 Å². The maximum atomic E-state index is 14.2. The summed E-state index contributed by atoms with van der Waals surface area (Å²) in [7, 11) is 0. The molecular weight excluding hydrogens is 378 g/mol. The summed E-state index contributed by atoms with van der Waals surface area (Å²) in [5, 5.41) is 0. The Morgan fingerprint density at radius 3 is 2.67 bits per heavy atom. The monoisotopic (exact) mass is 399 g/mol. The summed E-state index contributed by atoms with van der Waals surface area (Å²) in [4.78, 5) is 5.29. The van der Waals surface area contributed by atoms with Crippen molar-refractivity contribution in [3.63, 3.8) is 0 Å². The van der Waals surface area contributed by atoms with Gasteiger partial charge in [0, 0.05) is 42.5 Å². The summed E-state index contributed by atoms with van der Waals surface area (Å²) in [6.45, 7) is 2.41. The van der Waals surface area contributed by atoms with E-state index in [9.17, 15) is 17.6 Å². The zero-order chi connectivity index (χ0) is 19.1. The Labute approximate surface area is 160 Å². The number of imidazole rings is 1. The fourth-order valence-corrected chi connectivity index (χ4v) is 4.59. The number of hydrogen-bond donors (Lipinski definition) is 1. The van der Waals surface area contributed by atoms with E-state index in [1.54, 1.807) is 0 Å². The minimum absolute atomic E-state index is 0.204. The summed E-state index contributed by atoms with van der Waals surface area (Å²) in [5.74, 6) is -3.35. The van der Waals surface area contributed by atoms with E-state index in [1.165, 1.54) is 0 Å². The van der Waals surface area contributed by atoms with Crippen molar-refractivity contribution in [1.29, 1.82) is 0 Å². The molecule has 0 unspecified atom stereocenters. The lowest BCUT2D eigenvalue weighted by Crippen LogP contribution is -2.22. The number of H-pyrrole nitrogens is 1. The molecule has 27 heavy (non-hydrogen) atoms. The van der Waals surface area contributed by atoms with Crippen molar-refractivity contribution in [2.75, 3.05) is 19.6 Å². The van der Waals surface area contributed by atoms with E-state index in [-0.39, 0.29) is 5.56 Å². The zero-order valence-electron chi connectivity index (χ0n) is 14.8. The van der Waals surface area contributed by atoms with Gasteiger partial charge in [0.2, 0.25) is 0 Å². The fraction of sp³-hybridized carbons (Fsp3) is 0.526. The van der Waals surface area contributed by atoms with E-state index in [2.05, 4.69) is 9.88 Å². The first kappa shape index (κ1) is 18.7. The summed E-state index contributed by atoms with van der Waals surface area (Å²) in [6.07, 6.45) is 1.86. The molecule has 3 heterocycles. The number of alkyl halides is 1. The number of nitrogens with one attached hydrogen (secondary N) is 1. The van der Waals surface area contributed by atoms with Crippen LogP contribution in [0.25, 0.3) is 0 Å². The van der Waals surface area contributed by atoms with Crippen LogP contribution in [0.4, 0.5) is 17.6 Å². The molecule has 4 rings (SSSR count). The number of aryl methyl sites for hydroxylation is 1. The molecule has 0 saturated carbocycles. The normalized spacial score (nSPS) is 22.5. The number of halogens is 4. The van der Waals surface area contributed by atoms with Crippen molar-refractivity contribution in [2.24, 2.45) is 0 Å². The first-order chi connectivity index (χ1) is 12.9. The van der Waals surface area contributed by atoms with E-state index in [0.717, 1.165) is 49.5 Å². The SMILES string of the molecule is Fc1ccc(F)c([C@H]2Cc3c(CCCN4CC[C@@H](F)C4)[nH]c(=S)n3C2)c1F. The number of hydrogen-bond acceptors (Lipinski definition) is 2. The number of benzene rings is 1. The van der Waals surface area contributed by atoms with Crippen LogP contribution in [0.2, 0.25) is 0 Å². The Hall–Kier alpha value is -1.67. The number of likely N-dealkylation sites (tertiary alicyclic amines) is 1. The first-order valence-corrected chi connectivity index (χ1v) is 9.65. The molecule has 0 spiro atoms. The van der Waals surface area contributed by atoms with Crippen LogP contribution in [0.5, 0.6) is 0 Å². The highest BCUT2D eigenvalue weighted by Crippen LogP contribution is 2.35. The van der Waals surface area contributed by atoms with Gasteiger partial charge < -0.3 is 14.5 Å². The van der Waals surface area contributed by atoms with Crippen molar-refractivity contribution in [2.45, 2.75) is 44.3 Å².